The van der Waals surface area contributed by atoms with Crippen LogP contribution in [0.2, 0.25) is 0 Å². The molecule has 0 spiro atoms. The Morgan fingerprint density at radius 1 is 1.43 bits per heavy atom. The van der Waals surface area contributed by atoms with Crippen molar-refractivity contribution >= 4 is 17.2 Å². The average Bonchev–Trinajstić information content (AvgIpc) is 2.66. The number of nitrogens with zero attached hydrogens (tertiary/aromatic N) is 2. The number of amides is 1. The normalized spacial score (nSPS) is 20.2. The van der Waals surface area contributed by atoms with Crippen LogP contribution in [0.3, 0.4) is 0 Å². The Morgan fingerprint density at radius 3 is 3.00 bits per heavy atom. The van der Waals surface area contributed by atoms with Crippen LogP contribution >= 0.6 is 11.3 Å². The van der Waals surface area contributed by atoms with Crippen LogP contribution in [0.15, 0.2) is 0 Å². The van der Waals surface area contributed by atoms with Crippen molar-refractivity contribution in [3.05, 3.63) is 15.6 Å². The Kier molecular flexibility index (Phi) is 6.18. The van der Waals surface area contributed by atoms with Crippen LogP contribution in [-0.2, 0) is 17.8 Å². The number of carbonyl (C=O) groups excluding carboxylic acids is 1. The highest BCUT2D eigenvalue weighted by atomic mass is 32.1. The molecule has 1 aromatic heterocycles. The Hall–Kier alpha value is -0.940. The van der Waals surface area contributed by atoms with Crippen molar-refractivity contribution in [2.45, 2.75) is 65.0 Å². The van der Waals surface area contributed by atoms with Crippen LogP contribution in [0.5, 0.6) is 0 Å². The summed E-state index contributed by atoms with van der Waals surface area (Å²) in [4.78, 5) is 20.4. The van der Waals surface area contributed by atoms with Gasteiger partial charge in [0, 0.05) is 4.88 Å². The van der Waals surface area contributed by atoms with Crippen molar-refractivity contribution in [3.63, 3.8) is 0 Å². The number of rotatable bonds is 5. The molecular weight excluding hydrogens is 282 g/mol. The first-order valence-corrected chi connectivity index (χ1v) is 8.86. The summed E-state index contributed by atoms with van der Waals surface area (Å²) in [6, 6.07) is 0.0378. The van der Waals surface area contributed by atoms with Gasteiger partial charge in [-0.1, -0.05) is 19.8 Å². The molecule has 2 rings (SSSR count). The molecule has 0 saturated carbocycles. The predicted molar refractivity (Wildman–Crippen MR) is 87.6 cm³/mol. The zero-order valence-corrected chi connectivity index (χ0v) is 14.3. The first-order valence-electron chi connectivity index (χ1n) is 8.05. The van der Waals surface area contributed by atoms with E-state index in [0.29, 0.717) is 6.54 Å². The van der Waals surface area contributed by atoms with Gasteiger partial charge >= 0.3 is 0 Å². The van der Waals surface area contributed by atoms with E-state index in [1.807, 2.05) is 6.92 Å². The minimum Gasteiger partial charge on any atom is -0.350 e. The molecule has 4 nitrogen and oxygen atoms in total. The highest BCUT2D eigenvalue weighted by Gasteiger charge is 2.24. The van der Waals surface area contributed by atoms with Gasteiger partial charge in [-0.3, -0.25) is 9.69 Å². The van der Waals surface area contributed by atoms with Crippen LogP contribution in [0.25, 0.3) is 0 Å². The molecule has 21 heavy (non-hydrogen) atoms. The van der Waals surface area contributed by atoms with Gasteiger partial charge in [0.15, 0.2) is 0 Å². The van der Waals surface area contributed by atoms with E-state index in [9.17, 15) is 4.79 Å². The van der Waals surface area contributed by atoms with E-state index in [0.717, 1.165) is 37.9 Å². The van der Waals surface area contributed by atoms with Crippen LogP contribution in [0.1, 0.15) is 54.6 Å². The summed E-state index contributed by atoms with van der Waals surface area (Å²) in [5.74, 6) is 0.171. The van der Waals surface area contributed by atoms with Crippen molar-refractivity contribution < 1.29 is 4.79 Å². The van der Waals surface area contributed by atoms with Gasteiger partial charge in [-0.2, -0.15) is 0 Å². The largest absolute Gasteiger partial charge is 0.350 e. The van der Waals surface area contributed by atoms with E-state index in [-0.39, 0.29) is 11.9 Å². The summed E-state index contributed by atoms with van der Waals surface area (Å²) in [6.07, 6.45) is 6.72. The first-order chi connectivity index (χ1) is 10.1. The van der Waals surface area contributed by atoms with Gasteiger partial charge < -0.3 is 5.32 Å². The second kappa shape index (κ2) is 7.90. The predicted octanol–water partition coefficient (Wildman–Crippen LogP) is 2.89. The number of aryl methyl sites for hydroxylation is 2. The fourth-order valence-electron chi connectivity index (χ4n) is 2.84. The molecule has 0 radical (unpaired) electrons. The average molecular weight is 309 g/mol. The third-order valence-electron chi connectivity index (χ3n) is 4.15. The molecule has 1 atom stereocenters. The topological polar surface area (TPSA) is 45.2 Å². The lowest BCUT2D eigenvalue weighted by Gasteiger charge is -2.24. The van der Waals surface area contributed by atoms with Crippen molar-refractivity contribution in [3.8, 4) is 0 Å². The van der Waals surface area contributed by atoms with Gasteiger partial charge in [-0.15, -0.1) is 11.3 Å². The Morgan fingerprint density at radius 2 is 2.24 bits per heavy atom. The Bertz CT molecular complexity index is 472. The standard InChI is InChI=1S/C16H27N3OS/c1-4-8-15-18-12(2)14(21-15)11-17-16(20)13-9-6-5-7-10-19(13)3/h13H,4-11H2,1-3H3,(H,17,20)/t13-/m0/s1. The molecule has 2 heterocycles. The summed E-state index contributed by atoms with van der Waals surface area (Å²) < 4.78 is 0. The van der Waals surface area contributed by atoms with E-state index in [2.05, 4.69) is 29.2 Å². The quantitative estimate of drug-likeness (QED) is 0.909. The second-order valence-corrected chi connectivity index (χ2v) is 7.10. The van der Waals surface area contributed by atoms with Gasteiger partial charge in [0.05, 0.1) is 23.3 Å². The number of likely N-dealkylation sites (tertiary alicyclic amines) is 1. The molecule has 0 bridgehead atoms. The van der Waals surface area contributed by atoms with Crippen molar-refractivity contribution in [2.24, 2.45) is 0 Å². The van der Waals surface area contributed by atoms with Crippen LogP contribution in [0, 0.1) is 6.92 Å². The van der Waals surface area contributed by atoms with E-state index < -0.39 is 0 Å². The van der Waals surface area contributed by atoms with Crippen LogP contribution in [-0.4, -0.2) is 35.4 Å². The summed E-state index contributed by atoms with van der Waals surface area (Å²) in [5, 5.41) is 4.30. The second-order valence-electron chi connectivity index (χ2n) is 5.93. The molecular formula is C16H27N3OS. The number of thiazole rings is 1. The SMILES string of the molecule is CCCc1nc(C)c(CNC(=O)[C@@H]2CCCCCN2C)s1. The van der Waals surface area contributed by atoms with E-state index >= 15 is 0 Å². The zero-order chi connectivity index (χ0) is 15.2. The summed E-state index contributed by atoms with van der Waals surface area (Å²) in [5.41, 5.74) is 1.07. The van der Waals surface area contributed by atoms with Crippen molar-refractivity contribution in [2.75, 3.05) is 13.6 Å². The maximum atomic E-state index is 12.4. The van der Waals surface area contributed by atoms with Crippen molar-refractivity contribution in [1.82, 2.24) is 15.2 Å². The first kappa shape index (κ1) is 16.4. The van der Waals surface area contributed by atoms with Gasteiger partial charge in [0.1, 0.15) is 0 Å². The highest BCUT2D eigenvalue weighted by molar-refractivity contribution is 7.11. The summed E-state index contributed by atoms with van der Waals surface area (Å²) in [6.45, 7) is 5.85. The number of hydrogen-bond donors (Lipinski definition) is 1. The van der Waals surface area contributed by atoms with E-state index in [1.54, 1.807) is 11.3 Å². The van der Waals surface area contributed by atoms with Gasteiger partial charge in [0.2, 0.25) is 5.91 Å². The monoisotopic (exact) mass is 309 g/mol. The molecule has 1 N–H and O–H groups in total. The Balaban J connectivity index is 1.90. The minimum atomic E-state index is 0.0378. The van der Waals surface area contributed by atoms with E-state index in [4.69, 9.17) is 0 Å². The molecule has 1 aromatic rings. The molecule has 1 saturated heterocycles. The van der Waals surface area contributed by atoms with Crippen LogP contribution in [0.4, 0.5) is 0 Å². The van der Waals surface area contributed by atoms with Gasteiger partial charge in [-0.25, -0.2) is 4.98 Å². The molecule has 0 aliphatic carbocycles. The van der Waals surface area contributed by atoms with E-state index in [1.165, 1.54) is 22.7 Å². The minimum absolute atomic E-state index is 0.0378. The zero-order valence-electron chi connectivity index (χ0n) is 13.4. The maximum absolute atomic E-state index is 12.4. The van der Waals surface area contributed by atoms with Crippen LogP contribution < -0.4 is 5.32 Å². The lowest BCUT2D eigenvalue weighted by atomic mass is 10.1. The Labute approximate surface area is 132 Å². The lowest BCUT2D eigenvalue weighted by Crippen LogP contribution is -2.44. The molecule has 5 heteroatoms. The molecule has 1 aliphatic heterocycles. The fraction of sp³-hybridized carbons (Fsp3) is 0.750. The fourth-order valence-corrected chi connectivity index (χ4v) is 3.95. The number of hydrogen-bond acceptors (Lipinski definition) is 4. The maximum Gasteiger partial charge on any atom is 0.237 e. The number of likely N-dealkylation sites (N-methyl/N-ethyl adjacent to an activating group) is 1. The van der Waals surface area contributed by atoms with Gasteiger partial charge in [-0.05, 0) is 46.2 Å². The highest BCUT2D eigenvalue weighted by Crippen LogP contribution is 2.20. The summed E-state index contributed by atoms with van der Waals surface area (Å²) in [7, 11) is 2.06. The number of nitrogens with one attached hydrogen (secondary N) is 1. The molecule has 1 fully saturated rings. The molecule has 1 amide bonds. The third-order valence-corrected chi connectivity index (χ3v) is 5.36. The lowest BCUT2D eigenvalue weighted by molar-refractivity contribution is -0.126. The van der Waals surface area contributed by atoms with Crippen molar-refractivity contribution in [1.29, 1.82) is 0 Å². The van der Waals surface area contributed by atoms with Gasteiger partial charge in [0.25, 0.3) is 0 Å². The third kappa shape index (κ3) is 4.51. The summed E-state index contributed by atoms with van der Waals surface area (Å²) >= 11 is 1.74. The molecule has 0 unspecified atom stereocenters. The number of aromatic nitrogens is 1. The molecule has 0 aromatic carbocycles. The number of carbonyl (C=O) groups is 1. The molecule has 1 aliphatic rings. The smallest absolute Gasteiger partial charge is 0.237 e. The molecule has 118 valence electrons.